The lowest BCUT2D eigenvalue weighted by atomic mass is 10.2. The van der Waals surface area contributed by atoms with E-state index in [4.69, 9.17) is 4.74 Å². The van der Waals surface area contributed by atoms with E-state index >= 15 is 0 Å². The molecule has 1 aromatic heterocycles. The fraction of sp³-hybridized carbons (Fsp3) is 0.312. The van der Waals surface area contributed by atoms with E-state index in [1.165, 1.54) is 23.1 Å². The standard InChI is InChI=1S/C16H17F3N4O4P/c1-20-9-28(26)10-22(2)14-7-12(4-5-13(14)23(24)25)27-15-6-3-11(8-21-15)16(17,18)19/h3-8,20H,9-10H2,1-2H3/q+1. The molecule has 1 aromatic carbocycles. The zero-order valence-electron chi connectivity index (χ0n) is 14.9. The molecule has 0 aliphatic carbocycles. The minimum Gasteiger partial charge on any atom is -0.439 e. The number of nitro benzene ring substituents is 1. The second kappa shape index (κ2) is 8.94. The Hall–Kier alpha value is -2.78. The number of halogens is 3. The predicted molar refractivity (Wildman–Crippen MR) is 97.2 cm³/mol. The molecule has 0 saturated carbocycles. The Kier molecular flexibility index (Phi) is 6.87. The van der Waals surface area contributed by atoms with Gasteiger partial charge in [-0.2, -0.15) is 13.2 Å². The van der Waals surface area contributed by atoms with Gasteiger partial charge in [-0.25, -0.2) is 4.98 Å². The Morgan fingerprint density at radius 2 is 2.04 bits per heavy atom. The van der Waals surface area contributed by atoms with Crippen molar-refractivity contribution in [2.45, 2.75) is 6.18 Å². The molecule has 2 rings (SSSR count). The van der Waals surface area contributed by atoms with Crippen LogP contribution >= 0.6 is 7.80 Å². The number of nitrogens with zero attached hydrogens (tertiary/aromatic N) is 3. The van der Waals surface area contributed by atoms with Crippen molar-refractivity contribution in [1.82, 2.24) is 10.3 Å². The third-order valence-corrected chi connectivity index (χ3v) is 4.95. The average Bonchev–Trinajstić information content (AvgIpc) is 2.61. The quantitative estimate of drug-likeness (QED) is 0.391. The number of hydrogen-bond acceptors (Lipinski definition) is 7. The molecule has 8 nitrogen and oxygen atoms in total. The molecule has 150 valence electrons. The fourth-order valence-electron chi connectivity index (χ4n) is 2.30. The first-order chi connectivity index (χ1) is 13.1. The maximum atomic E-state index is 12.6. The Morgan fingerprint density at radius 3 is 2.57 bits per heavy atom. The van der Waals surface area contributed by atoms with Gasteiger partial charge in [0.2, 0.25) is 12.2 Å². The largest absolute Gasteiger partial charge is 0.439 e. The molecule has 0 fully saturated rings. The second-order valence-corrected chi connectivity index (χ2v) is 7.29. The van der Waals surface area contributed by atoms with Crippen LogP contribution < -0.4 is 15.0 Å². The summed E-state index contributed by atoms with van der Waals surface area (Å²) in [6, 6.07) is 5.74. The molecule has 0 spiro atoms. The van der Waals surface area contributed by atoms with Gasteiger partial charge in [-0.05, 0) is 19.2 Å². The van der Waals surface area contributed by atoms with E-state index in [2.05, 4.69) is 10.3 Å². The lowest BCUT2D eigenvalue weighted by molar-refractivity contribution is -0.384. The molecular weight excluding hydrogens is 400 g/mol. The number of alkyl halides is 3. The molecule has 1 N–H and O–H groups in total. The highest BCUT2D eigenvalue weighted by atomic mass is 31.1. The normalized spacial score (nSPS) is 11.8. The van der Waals surface area contributed by atoms with Crippen molar-refractivity contribution >= 4 is 19.2 Å². The second-order valence-electron chi connectivity index (χ2n) is 5.73. The summed E-state index contributed by atoms with van der Waals surface area (Å²) < 4.78 is 55.1. The van der Waals surface area contributed by atoms with E-state index in [1.54, 1.807) is 14.1 Å². The van der Waals surface area contributed by atoms with E-state index in [-0.39, 0.29) is 35.6 Å². The highest BCUT2D eigenvalue weighted by molar-refractivity contribution is 7.44. The number of aromatic nitrogens is 1. The topological polar surface area (TPSA) is 97.6 Å². The van der Waals surface area contributed by atoms with Crippen LogP contribution in [0.2, 0.25) is 0 Å². The van der Waals surface area contributed by atoms with E-state index in [1.807, 2.05) is 0 Å². The number of hydrogen-bond donors (Lipinski definition) is 1. The Bertz CT molecular complexity index is 862. The van der Waals surface area contributed by atoms with Gasteiger partial charge in [0.05, 0.1) is 10.5 Å². The summed E-state index contributed by atoms with van der Waals surface area (Å²) >= 11 is 0. The Labute approximate surface area is 159 Å². The van der Waals surface area contributed by atoms with Crippen LogP contribution in [0.25, 0.3) is 0 Å². The molecule has 0 saturated heterocycles. The van der Waals surface area contributed by atoms with Crippen LogP contribution in [0.4, 0.5) is 24.5 Å². The summed E-state index contributed by atoms with van der Waals surface area (Å²) in [6.45, 7) is 0. The smallest absolute Gasteiger partial charge is 0.417 e. The number of anilines is 1. The first kappa shape index (κ1) is 21.5. The molecule has 1 unspecified atom stereocenters. The van der Waals surface area contributed by atoms with Gasteiger partial charge in [0.1, 0.15) is 11.4 Å². The molecule has 1 atom stereocenters. The van der Waals surface area contributed by atoms with Gasteiger partial charge < -0.3 is 9.64 Å². The lowest BCUT2D eigenvalue weighted by Crippen LogP contribution is -2.19. The van der Waals surface area contributed by atoms with Crippen molar-refractivity contribution in [2.75, 3.05) is 31.6 Å². The molecular formula is C16H17F3N4O4P+. The Morgan fingerprint density at radius 1 is 1.32 bits per heavy atom. The third-order valence-electron chi connectivity index (χ3n) is 3.55. The highest BCUT2D eigenvalue weighted by Gasteiger charge is 2.31. The number of benzene rings is 1. The van der Waals surface area contributed by atoms with Crippen molar-refractivity contribution in [3.05, 3.63) is 52.2 Å². The highest BCUT2D eigenvalue weighted by Crippen LogP contribution is 2.36. The SMILES string of the molecule is CNC[P+](=O)CN(C)c1cc(Oc2ccc(C(F)(F)F)cn2)ccc1[N+](=O)[O-]. The summed E-state index contributed by atoms with van der Waals surface area (Å²) in [7, 11) is 1.52. The van der Waals surface area contributed by atoms with Crippen molar-refractivity contribution in [3.63, 3.8) is 0 Å². The minimum atomic E-state index is -4.52. The molecule has 0 aliphatic heterocycles. The zero-order valence-corrected chi connectivity index (χ0v) is 15.8. The molecule has 12 heteroatoms. The first-order valence-corrected chi connectivity index (χ1v) is 9.52. The van der Waals surface area contributed by atoms with E-state index in [0.717, 1.165) is 12.1 Å². The van der Waals surface area contributed by atoms with Crippen LogP contribution in [0.15, 0.2) is 36.5 Å². The number of nitrogens with one attached hydrogen (secondary N) is 1. The van der Waals surface area contributed by atoms with Crippen LogP contribution in [0.1, 0.15) is 5.56 Å². The third kappa shape index (κ3) is 5.61. The van der Waals surface area contributed by atoms with Gasteiger partial charge in [0.25, 0.3) is 5.69 Å². The predicted octanol–water partition coefficient (Wildman–Crippen LogP) is 4.20. The summed E-state index contributed by atoms with van der Waals surface area (Å²) in [5.41, 5.74) is -0.978. The van der Waals surface area contributed by atoms with E-state index in [0.29, 0.717) is 6.20 Å². The Balaban J connectivity index is 2.26. The van der Waals surface area contributed by atoms with Crippen LogP contribution in [0.3, 0.4) is 0 Å². The molecule has 0 radical (unpaired) electrons. The summed E-state index contributed by atoms with van der Waals surface area (Å²) in [4.78, 5) is 15.7. The van der Waals surface area contributed by atoms with Gasteiger partial charge >= 0.3 is 14.0 Å². The molecule has 0 amide bonds. The summed E-state index contributed by atoms with van der Waals surface area (Å²) in [5, 5.41) is 14.0. The van der Waals surface area contributed by atoms with E-state index in [9.17, 15) is 27.9 Å². The summed E-state index contributed by atoms with van der Waals surface area (Å²) in [5.74, 6) is 0.0419. The molecule has 0 bridgehead atoms. The van der Waals surface area contributed by atoms with E-state index < -0.39 is 24.5 Å². The molecule has 2 aromatic rings. The lowest BCUT2D eigenvalue weighted by Gasteiger charge is -2.15. The van der Waals surface area contributed by atoms with Gasteiger partial charge in [-0.3, -0.25) is 15.4 Å². The van der Waals surface area contributed by atoms with Crippen LogP contribution in [0.5, 0.6) is 11.6 Å². The molecule has 0 aliphatic rings. The fourth-order valence-corrected chi connectivity index (χ4v) is 3.37. The zero-order chi connectivity index (χ0) is 20.9. The molecule has 28 heavy (non-hydrogen) atoms. The van der Waals surface area contributed by atoms with Crippen molar-refractivity contribution in [3.8, 4) is 11.6 Å². The van der Waals surface area contributed by atoms with Crippen LogP contribution in [-0.4, -0.2) is 36.6 Å². The average molecular weight is 417 g/mol. The van der Waals surface area contributed by atoms with Crippen molar-refractivity contribution < 1.29 is 27.4 Å². The maximum Gasteiger partial charge on any atom is 0.417 e. The summed E-state index contributed by atoms with van der Waals surface area (Å²) in [6.07, 6.45) is -3.56. The minimum absolute atomic E-state index is 0.0684. The molecule has 1 heterocycles. The van der Waals surface area contributed by atoms with Crippen LogP contribution in [-0.2, 0) is 10.7 Å². The van der Waals surface area contributed by atoms with Gasteiger partial charge in [0, 0.05) is 31.4 Å². The van der Waals surface area contributed by atoms with Gasteiger partial charge in [-0.15, -0.1) is 0 Å². The van der Waals surface area contributed by atoms with Gasteiger partial charge in [0.15, 0.2) is 6.29 Å². The van der Waals surface area contributed by atoms with Crippen molar-refractivity contribution in [2.24, 2.45) is 0 Å². The maximum absolute atomic E-state index is 12.6. The first-order valence-electron chi connectivity index (χ1n) is 7.89. The number of rotatable bonds is 8. The number of ether oxygens (including phenoxy) is 1. The van der Waals surface area contributed by atoms with Crippen molar-refractivity contribution in [1.29, 1.82) is 0 Å². The number of pyridine rings is 1. The van der Waals surface area contributed by atoms with Crippen LogP contribution in [0, 0.1) is 10.1 Å². The van der Waals surface area contributed by atoms with Gasteiger partial charge in [-0.1, -0.05) is 4.57 Å². The number of nitro groups is 1. The monoisotopic (exact) mass is 417 g/mol.